The molecule has 0 bridgehead atoms. The van der Waals surface area contributed by atoms with Gasteiger partial charge in [0, 0.05) is 5.56 Å². The molecule has 0 amide bonds. The molecule has 122 valence electrons. The van der Waals surface area contributed by atoms with Crippen LogP contribution in [0, 0.1) is 0 Å². The molecular formula is C18H30N2O2+2. The molecule has 2 N–H and O–H groups in total. The lowest BCUT2D eigenvalue weighted by Gasteiger charge is -2.33. The van der Waals surface area contributed by atoms with Crippen molar-refractivity contribution in [2.24, 2.45) is 0 Å². The Kier molecular flexibility index (Phi) is 5.21. The van der Waals surface area contributed by atoms with Crippen molar-refractivity contribution >= 4 is 0 Å². The van der Waals surface area contributed by atoms with Crippen LogP contribution in [0.5, 0.6) is 11.5 Å². The Bertz CT molecular complexity index is 478. The van der Waals surface area contributed by atoms with Gasteiger partial charge in [-0.2, -0.15) is 0 Å². The van der Waals surface area contributed by atoms with E-state index in [1.165, 1.54) is 57.4 Å². The first-order valence-electron chi connectivity index (χ1n) is 8.69. The Balaban J connectivity index is 1.54. The lowest BCUT2D eigenvalue weighted by molar-refractivity contribution is -1.03. The normalized spacial score (nSPS) is 26.1. The van der Waals surface area contributed by atoms with Gasteiger partial charge >= 0.3 is 0 Å². The average Bonchev–Trinajstić information content (AvgIpc) is 3.10. The van der Waals surface area contributed by atoms with Crippen molar-refractivity contribution in [2.75, 3.05) is 40.4 Å². The zero-order chi connectivity index (χ0) is 15.4. The molecule has 1 aliphatic heterocycles. The van der Waals surface area contributed by atoms with Crippen molar-refractivity contribution in [2.45, 2.75) is 38.3 Å². The average molecular weight is 306 g/mol. The van der Waals surface area contributed by atoms with Gasteiger partial charge in [-0.1, -0.05) is 0 Å². The maximum absolute atomic E-state index is 5.41. The Hall–Kier alpha value is -1.26. The van der Waals surface area contributed by atoms with Gasteiger partial charge in [0.05, 0.1) is 20.3 Å². The van der Waals surface area contributed by atoms with E-state index < -0.39 is 0 Å². The smallest absolute Gasteiger partial charge is 0.161 e. The minimum Gasteiger partial charge on any atom is -0.493 e. The van der Waals surface area contributed by atoms with Crippen molar-refractivity contribution in [1.29, 1.82) is 0 Å². The fourth-order valence-electron chi connectivity index (χ4n) is 4.12. The molecule has 0 spiro atoms. The first-order chi connectivity index (χ1) is 10.8. The van der Waals surface area contributed by atoms with Gasteiger partial charge in [-0.3, -0.25) is 0 Å². The van der Waals surface area contributed by atoms with Gasteiger partial charge in [-0.15, -0.1) is 0 Å². The van der Waals surface area contributed by atoms with Crippen LogP contribution < -0.4 is 19.3 Å². The highest BCUT2D eigenvalue weighted by Crippen LogP contribution is 2.27. The number of quaternary nitrogens is 2. The van der Waals surface area contributed by atoms with E-state index in [1.807, 2.05) is 11.0 Å². The van der Waals surface area contributed by atoms with Crippen LogP contribution in [0.3, 0.4) is 0 Å². The van der Waals surface area contributed by atoms with Gasteiger partial charge in [0.1, 0.15) is 32.7 Å². The topological polar surface area (TPSA) is 27.3 Å². The summed E-state index contributed by atoms with van der Waals surface area (Å²) in [6, 6.07) is 7.28. The van der Waals surface area contributed by atoms with Crippen LogP contribution in [0.4, 0.5) is 0 Å². The fraction of sp³-hybridized carbons (Fsp3) is 0.667. The summed E-state index contributed by atoms with van der Waals surface area (Å²) in [5.74, 6) is 1.66. The van der Waals surface area contributed by atoms with Crippen molar-refractivity contribution in [3.05, 3.63) is 23.8 Å². The van der Waals surface area contributed by atoms with Crippen LogP contribution in [-0.2, 0) is 6.54 Å². The van der Waals surface area contributed by atoms with E-state index in [1.54, 1.807) is 19.1 Å². The summed E-state index contributed by atoms with van der Waals surface area (Å²) in [4.78, 5) is 3.57. The van der Waals surface area contributed by atoms with Gasteiger partial charge in [-0.05, 0) is 43.9 Å². The Morgan fingerprint density at radius 2 is 1.64 bits per heavy atom. The predicted octanol–water partition coefficient (Wildman–Crippen LogP) is -0.0702. The van der Waals surface area contributed by atoms with E-state index in [2.05, 4.69) is 12.1 Å². The third kappa shape index (κ3) is 3.55. The summed E-state index contributed by atoms with van der Waals surface area (Å²) in [6.45, 7) is 6.36. The predicted molar refractivity (Wildman–Crippen MR) is 86.9 cm³/mol. The molecule has 0 radical (unpaired) electrons. The second-order valence-corrected chi connectivity index (χ2v) is 6.76. The summed E-state index contributed by atoms with van der Waals surface area (Å²) < 4.78 is 10.7. The summed E-state index contributed by atoms with van der Waals surface area (Å²) in [7, 11) is 3.39. The van der Waals surface area contributed by atoms with Crippen LogP contribution in [0.25, 0.3) is 0 Å². The standard InChI is InChI=1S/C18H28N2O2/c1-21-17-8-7-15(13-18(17)22-2)14-19-9-11-20(12-10-19)16-5-3-4-6-16/h7-8,13,16H,3-6,9-12,14H2,1-2H3/p+2. The largest absolute Gasteiger partial charge is 0.493 e. The van der Waals surface area contributed by atoms with E-state index in [9.17, 15) is 0 Å². The maximum atomic E-state index is 5.41. The molecule has 0 unspecified atom stereocenters. The lowest BCUT2D eigenvalue weighted by Crippen LogP contribution is -3.29. The Labute approximate surface area is 134 Å². The molecular weight excluding hydrogens is 276 g/mol. The van der Waals surface area contributed by atoms with E-state index in [4.69, 9.17) is 9.47 Å². The zero-order valence-corrected chi connectivity index (χ0v) is 14.0. The van der Waals surface area contributed by atoms with E-state index in [-0.39, 0.29) is 0 Å². The molecule has 22 heavy (non-hydrogen) atoms. The monoisotopic (exact) mass is 306 g/mol. The third-order valence-corrected chi connectivity index (χ3v) is 5.43. The number of nitrogens with one attached hydrogen (secondary N) is 2. The summed E-state index contributed by atoms with van der Waals surface area (Å²) in [6.07, 6.45) is 5.83. The molecule has 4 heteroatoms. The lowest BCUT2D eigenvalue weighted by atomic mass is 10.1. The van der Waals surface area contributed by atoms with E-state index in [0.29, 0.717) is 0 Å². The van der Waals surface area contributed by atoms with Gasteiger partial charge < -0.3 is 19.3 Å². The summed E-state index contributed by atoms with van der Waals surface area (Å²) in [5, 5.41) is 0. The number of rotatable bonds is 5. The summed E-state index contributed by atoms with van der Waals surface area (Å²) in [5.41, 5.74) is 1.34. The minimum atomic E-state index is 0.816. The molecule has 0 atom stereocenters. The highest BCUT2D eigenvalue weighted by molar-refractivity contribution is 5.42. The number of ether oxygens (including phenoxy) is 2. The van der Waals surface area contributed by atoms with Crippen molar-refractivity contribution in [3.8, 4) is 11.5 Å². The summed E-state index contributed by atoms with van der Waals surface area (Å²) >= 11 is 0. The highest BCUT2D eigenvalue weighted by atomic mass is 16.5. The fourth-order valence-corrected chi connectivity index (χ4v) is 4.12. The Morgan fingerprint density at radius 3 is 2.27 bits per heavy atom. The van der Waals surface area contributed by atoms with Gasteiger partial charge in [0.15, 0.2) is 11.5 Å². The van der Waals surface area contributed by atoms with Gasteiger partial charge in [0.2, 0.25) is 0 Å². The van der Waals surface area contributed by atoms with Crippen LogP contribution >= 0.6 is 0 Å². The molecule has 0 aromatic heterocycles. The first-order valence-corrected chi connectivity index (χ1v) is 8.69. The molecule has 1 heterocycles. The van der Waals surface area contributed by atoms with E-state index >= 15 is 0 Å². The number of hydrogen-bond donors (Lipinski definition) is 2. The van der Waals surface area contributed by atoms with Gasteiger partial charge in [-0.25, -0.2) is 0 Å². The second-order valence-electron chi connectivity index (χ2n) is 6.76. The number of methoxy groups -OCH3 is 2. The molecule has 4 nitrogen and oxygen atoms in total. The van der Waals surface area contributed by atoms with Crippen LogP contribution in [0.1, 0.15) is 31.2 Å². The van der Waals surface area contributed by atoms with Crippen LogP contribution in [-0.4, -0.2) is 46.4 Å². The molecule has 1 aromatic carbocycles. The molecule has 1 aliphatic carbocycles. The van der Waals surface area contributed by atoms with E-state index in [0.717, 1.165) is 24.1 Å². The Morgan fingerprint density at radius 1 is 0.955 bits per heavy atom. The zero-order valence-electron chi connectivity index (χ0n) is 14.0. The SMILES string of the molecule is COc1ccc(C[NH+]2CC[NH+](C3CCCC3)CC2)cc1OC. The molecule has 1 saturated carbocycles. The van der Waals surface area contributed by atoms with Crippen molar-refractivity contribution < 1.29 is 19.3 Å². The maximum Gasteiger partial charge on any atom is 0.161 e. The van der Waals surface area contributed by atoms with Crippen LogP contribution in [0.2, 0.25) is 0 Å². The van der Waals surface area contributed by atoms with Crippen molar-refractivity contribution in [1.82, 2.24) is 0 Å². The molecule has 3 rings (SSSR count). The minimum absolute atomic E-state index is 0.816. The van der Waals surface area contributed by atoms with Crippen LogP contribution in [0.15, 0.2) is 18.2 Å². The number of benzene rings is 1. The molecule has 2 aliphatic rings. The number of piperazine rings is 1. The molecule has 1 saturated heterocycles. The van der Waals surface area contributed by atoms with Gasteiger partial charge in [0.25, 0.3) is 0 Å². The second kappa shape index (κ2) is 7.34. The van der Waals surface area contributed by atoms with Crippen molar-refractivity contribution in [3.63, 3.8) is 0 Å². The highest BCUT2D eigenvalue weighted by Gasteiger charge is 2.31. The quantitative estimate of drug-likeness (QED) is 0.797. The third-order valence-electron chi connectivity index (χ3n) is 5.43. The number of hydrogen-bond acceptors (Lipinski definition) is 2. The first kappa shape index (κ1) is 15.6. The molecule has 1 aromatic rings. The molecule has 2 fully saturated rings.